The van der Waals surface area contributed by atoms with Gasteiger partial charge in [0, 0.05) is 18.0 Å². The molecule has 0 amide bonds. The number of hydrogen-bond donors (Lipinski definition) is 0. The first-order valence-corrected chi connectivity index (χ1v) is 7.15. The third-order valence-corrected chi connectivity index (χ3v) is 3.70. The van der Waals surface area contributed by atoms with Gasteiger partial charge in [0.2, 0.25) is 0 Å². The van der Waals surface area contributed by atoms with Crippen LogP contribution >= 0.6 is 0 Å². The van der Waals surface area contributed by atoms with Crippen LogP contribution in [0.1, 0.15) is 41.8 Å². The number of rotatable bonds is 3. The lowest BCUT2D eigenvalue weighted by atomic mass is 9.85. The maximum atomic E-state index is 12.4. The Labute approximate surface area is 124 Å². The number of aromatic nitrogens is 1. The Morgan fingerprint density at radius 2 is 2.00 bits per heavy atom. The van der Waals surface area contributed by atoms with E-state index in [-0.39, 0.29) is 11.3 Å². The minimum Gasteiger partial charge on any atom is -0.294 e. The number of aliphatic imine (C=N–C) groups is 1. The summed E-state index contributed by atoms with van der Waals surface area (Å²) >= 11 is 0. The number of hydrogen-bond acceptors (Lipinski definition) is 3. The number of pyridine rings is 1. The van der Waals surface area contributed by atoms with Gasteiger partial charge in [-0.1, -0.05) is 24.3 Å². The van der Waals surface area contributed by atoms with E-state index in [1.165, 1.54) is 5.56 Å². The highest BCUT2D eigenvalue weighted by Crippen LogP contribution is 2.28. The van der Waals surface area contributed by atoms with Crippen molar-refractivity contribution in [3.63, 3.8) is 0 Å². The van der Waals surface area contributed by atoms with Gasteiger partial charge in [-0.2, -0.15) is 0 Å². The van der Waals surface area contributed by atoms with Gasteiger partial charge in [0.1, 0.15) is 0 Å². The molecule has 0 bridgehead atoms. The van der Waals surface area contributed by atoms with E-state index in [4.69, 9.17) is 4.99 Å². The standard InChI is InChI=1S/C18H18N2O/c1-18(2)11-13-6-3-4-8-15(13)16(20-18)10-17(21)14-7-5-9-19-12-14/h3-9,12H,10-11H2,1-2H3. The molecule has 3 rings (SSSR count). The molecule has 3 nitrogen and oxygen atoms in total. The molecule has 21 heavy (non-hydrogen) atoms. The predicted octanol–water partition coefficient (Wildman–Crippen LogP) is 3.48. The van der Waals surface area contributed by atoms with Crippen LogP contribution in [0.4, 0.5) is 0 Å². The zero-order chi connectivity index (χ0) is 14.9. The van der Waals surface area contributed by atoms with E-state index in [9.17, 15) is 4.79 Å². The molecule has 0 radical (unpaired) electrons. The van der Waals surface area contributed by atoms with Crippen LogP contribution in [0.3, 0.4) is 0 Å². The quantitative estimate of drug-likeness (QED) is 0.807. The summed E-state index contributed by atoms with van der Waals surface area (Å²) in [4.78, 5) is 21.2. The van der Waals surface area contributed by atoms with Crippen LogP contribution in [0, 0.1) is 0 Å². The van der Waals surface area contributed by atoms with Crippen molar-refractivity contribution >= 4 is 11.5 Å². The number of fused-ring (bicyclic) bond motifs is 1. The van der Waals surface area contributed by atoms with Gasteiger partial charge in [0.05, 0.1) is 17.7 Å². The van der Waals surface area contributed by atoms with Gasteiger partial charge < -0.3 is 0 Å². The van der Waals surface area contributed by atoms with E-state index in [2.05, 4.69) is 31.0 Å². The minimum absolute atomic E-state index is 0.0642. The van der Waals surface area contributed by atoms with Gasteiger partial charge in [0.25, 0.3) is 0 Å². The molecule has 0 N–H and O–H groups in total. The SMILES string of the molecule is CC1(C)Cc2ccccc2C(CC(=O)c2cccnc2)=N1. The smallest absolute Gasteiger partial charge is 0.170 e. The van der Waals surface area contributed by atoms with Crippen LogP contribution in [0.2, 0.25) is 0 Å². The van der Waals surface area contributed by atoms with E-state index in [1.54, 1.807) is 24.5 Å². The van der Waals surface area contributed by atoms with Crippen molar-refractivity contribution in [3.05, 3.63) is 65.5 Å². The zero-order valence-corrected chi connectivity index (χ0v) is 12.3. The Hall–Kier alpha value is -2.29. The number of nitrogens with zero attached hydrogens (tertiary/aromatic N) is 2. The summed E-state index contributed by atoms with van der Waals surface area (Å²) in [5, 5.41) is 0. The summed E-state index contributed by atoms with van der Waals surface area (Å²) in [7, 11) is 0. The molecule has 0 aliphatic carbocycles. The molecule has 1 aromatic carbocycles. The molecule has 0 unspecified atom stereocenters. The summed E-state index contributed by atoms with van der Waals surface area (Å²) < 4.78 is 0. The number of carbonyl (C=O) groups excluding carboxylic acids is 1. The largest absolute Gasteiger partial charge is 0.294 e. The molecule has 1 aliphatic heterocycles. The molecule has 0 fully saturated rings. The lowest BCUT2D eigenvalue weighted by Gasteiger charge is -2.28. The van der Waals surface area contributed by atoms with E-state index < -0.39 is 0 Å². The molecule has 2 heterocycles. The monoisotopic (exact) mass is 278 g/mol. The minimum atomic E-state index is -0.154. The van der Waals surface area contributed by atoms with Gasteiger partial charge >= 0.3 is 0 Å². The fourth-order valence-corrected chi connectivity index (χ4v) is 2.80. The summed E-state index contributed by atoms with van der Waals surface area (Å²) in [6, 6.07) is 11.8. The highest BCUT2D eigenvalue weighted by molar-refractivity contribution is 6.16. The van der Waals surface area contributed by atoms with Crippen LogP contribution in [0.15, 0.2) is 53.8 Å². The van der Waals surface area contributed by atoms with Crippen molar-refractivity contribution in [3.8, 4) is 0 Å². The molecule has 0 atom stereocenters. The Bertz CT molecular complexity index is 702. The van der Waals surface area contributed by atoms with Crippen molar-refractivity contribution < 1.29 is 4.79 Å². The second-order valence-corrected chi connectivity index (χ2v) is 6.05. The number of Topliss-reactive ketones (excluding diaryl/α,β-unsaturated/α-hetero) is 1. The second-order valence-electron chi connectivity index (χ2n) is 6.05. The zero-order valence-electron chi connectivity index (χ0n) is 12.3. The lowest BCUT2D eigenvalue weighted by Crippen LogP contribution is -2.29. The van der Waals surface area contributed by atoms with E-state index in [0.29, 0.717) is 12.0 Å². The maximum Gasteiger partial charge on any atom is 0.170 e. The second kappa shape index (κ2) is 5.24. The first-order valence-electron chi connectivity index (χ1n) is 7.15. The average Bonchev–Trinajstić information content (AvgIpc) is 2.47. The molecule has 106 valence electrons. The van der Waals surface area contributed by atoms with Crippen molar-refractivity contribution in [2.45, 2.75) is 32.2 Å². The van der Waals surface area contributed by atoms with E-state index >= 15 is 0 Å². The molecule has 0 saturated carbocycles. The molecule has 1 aromatic heterocycles. The number of carbonyl (C=O) groups is 1. The van der Waals surface area contributed by atoms with Crippen molar-refractivity contribution in [2.24, 2.45) is 4.99 Å². The van der Waals surface area contributed by atoms with E-state index in [1.807, 2.05) is 12.1 Å². The Kier molecular flexibility index (Phi) is 3.42. The normalized spacial score (nSPS) is 16.0. The molecule has 3 heteroatoms. The number of ketones is 1. The van der Waals surface area contributed by atoms with Crippen LogP contribution in [0.25, 0.3) is 0 Å². The Balaban J connectivity index is 1.93. The van der Waals surface area contributed by atoms with Gasteiger partial charge in [-0.25, -0.2) is 0 Å². The summed E-state index contributed by atoms with van der Waals surface area (Å²) in [6.45, 7) is 4.22. The maximum absolute atomic E-state index is 12.4. The third-order valence-electron chi connectivity index (χ3n) is 3.70. The predicted molar refractivity (Wildman–Crippen MR) is 83.9 cm³/mol. The summed E-state index contributed by atoms with van der Waals surface area (Å²) in [6.07, 6.45) is 4.52. The molecule has 2 aromatic rings. The highest BCUT2D eigenvalue weighted by Gasteiger charge is 2.27. The average molecular weight is 278 g/mol. The summed E-state index contributed by atoms with van der Waals surface area (Å²) in [5.41, 5.74) is 3.75. The van der Waals surface area contributed by atoms with Gasteiger partial charge in [0.15, 0.2) is 5.78 Å². The molecule has 0 spiro atoms. The fourth-order valence-electron chi connectivity index (χ4n) is 2.80. The van der Waals surface area contributed by atoms with Crippen LogP contribution in [-0.4, -0.2) is 22.0 Å². The highest BCUT2D eigenvalue weighted by atomic mass is 16.1. The lowest BCUT2D eigenvalue weighted by molar-refractivity contribution is 0.1000. The van der Waals surface area contributed by atoms with E-state index in [0.717, 1.165) is 17.7 Å². The molecule has 0 saturated heterocycles. The number of benzene rings is 1. The Morgan fingerprint density at radius 1 is 1.19 bits per heavy atom. The van der Waals surface area contributed by atoms with Crippen molar-refractivity contribution in [1.82, 2.24) is 4.98 Å². The molecular formula is C18H18N2O. The topological polar surface area (TPSA) is 42.3 Å². The molecule has 1 aliphatic rings. The van der Waals surface area contributed by atoms with Crippen molar-refractivity contribution in [2.75, 3.05) is 0 Å². The third kappa shape index (κ3) is 2.92. The summed E-state index contributed by atoms with van der Waals surface area (Å²) in [5.74, 6) is 0.0642. The first-order chi connectivity index (χ1) is 10.1. The first kappa shape index (κ1) is 13.7. The Morgan fingerprint density at radius 3 is 2.76 bits per heavy atom. The van der Waals surface area contributed by atoms with Gasteiger partial charge in [-0.15, -0.1) is 0 Å². The molecular weight excluding hydrogens is 260 g/mol. The van der Waals surface area contributed by atoms with Crippen LogP contribution < -0.4 is 0 Å². The fraction of sp³-hybridized carbons (Fsp3) is 0.278. The van der Waals surface area contributed by atoms with Gasteiger partial charge in [-0.3, -0.25) is 14.8 Å². The van der Waals surface area contributed by atoms with Crippen LogP contribution in [-0.2, 0) is 6.42 Å². The van der Waals surface area contributed by atoms with Gasteiger partial charge in [-0.05, 0) is 43.5 Å². The van der Waals surface area contributed by atoms with Crippen LogP contribution in [0.5, 0.6) is 0 Å². The van der Waals surface area contributed by atoms with Crippen molar-refractivity contribution in [1.29, 1.82) is 0 Å².